The number of fused-ring (bicyclic) bond motifs is 1. The Morgan fingerprint density at radius 1 is 1.62 bits per heavy atom. The zero-order valence-corrected chi connectivity index (χ0v) is 9.70. The second-order valence-electron chi connectivity index (χ2n) is 4.09. The molecule has 1 aromatic rings. The molecule has 2 rings (SSSR count). The number of hydrogen-bond acceptors (Lipinski definition) is 3. The highest BCUT2D eigenvalue weighted by atomic mass is 16.5. The number of hydrogen-bond donors (Lipinski definition) is 0. The van der Waals surface area contributed by atoms with Gasteiger partial charge in [-0.3, -0.25) is 9.36 Å². The molecule has 0 saturated heterocycles. The standard InChI is InChI=1S/C12H14N2O2/c1-4-9-8(3)10(5-13)12-14(11(9)15)6-7(2)16-12/h7H,4,6H2,1-3H3. The maximum Gasteiger partial charge on any atom is 0.256 e. The van der Waals surface area contributed by atoms with Crippen LogP contribution in [0.25, 0.3) is 0 Å². The number of pyridine rings is 1. The van der Waals surface area contributed by atoms with Crippen LogP contribution in [0.3, 0.4) is 0 Å². The van der Waals surface area contributed by atoms with Crippen molar-refractivity contribution in [1.29, 1.82) is 5.26 Å². The predicted molar refractivity (Wildman–Crippen MR) is 59.6 cm³/mol. The van der Waals surface area contributed by atoms with Crippen LogP contribution in [0.1, 0.15) is 30.5 Å². The maximum atomic E-state index is 12.1. The zero-order valence-electron chi connectivity index (χ0n) is 9.70. The van der Waals surface area contributed by atoms with Crippen molar-refractivity contribution >= 4 is 0 Å². The molecule has 0 N–H and O–H groups in total. The molecule has 1 atom stereocenters. The topological polar surface area (TPSA) is 55.0 Å². The number of aromatic nitrogens is 1. The minimum absolute atomic E-state index is 0.0154. The fraction of sp³-hybridized carbons (Fsp3) is 0.500. The molecule has 1 aliphatic heterocycles. The van der Waals surface area contributed by atoms with Crippen LogP contribution in [0.15, 0.2) is 4.79 Å². The molecule has 2 heterocycles. The van der Waals surface area contributed by atoms with Crippen molar-refractivity contribution in [2.24, 2.45) is 0 Å². The Hall–Kier alpha value is -1.76. The Labute approximate surface area is 94.1 Å². The molecule has 4 nitrogen and oxygen atoms in total. The highest BCUT2D eigenvalue weighted by Gasteiger charge is 2.26. The third-order valence-electron chi connectivity index (χ3n) is 3.01. The van der Waals surface area contributed by atoms with E-state index < -0.39 is 0 Å². The van der Waals surface area contributed by atoms with E-state index in [2.05, 4.69) is 6.07 Å². The third kappa shape index (κ3) is 1.32. The van der Waals surface area contributed by atoms with Crippen molar-refractivity contribution < 1.29 is 4.74 Å². The third-order valence-corrected chi connectivity index (χ3v) is 3.01. The van der Waals surface area contributed by atoms with E-state index >= 15 is 0 Å². The van der Waals surface area contributed by atoms with Gasteiger partial charge in [-0.2, -0.15) is 5.26 Å². The summed E-state index contributed by atoms with van der Waals surface area (Å²) in [6.45, 7) is 6.17. The van der Waals surface area contributed by atoms with Gasteiger partial charge in [-0.05, 0) is 25.8 Å². The second kappa shape index (κ2) is 3.67. The van der Waals surface area contributed by atoms with Gasteiger partial charge in [-0.1, -0.05) is 6.92 Å². The summed E-state index contributed by atoms with van der Waals surface area (Å²) in [6.07, 6.45) is 0.611. The van der Waals surface area contributed by atoms with Gasteiger partial charge in [0, 0.05) is 5.56 Å². The molecule has 0 amide bonds. The van der Waals surface area contributed by atoms with Gasteiger partial charge in [0.1, 0.15) is 17.7 Å². The summed E-state index contributed by atoms with van der Waals surface area (Å²) in [5.41, 5.74) is 1.97. The van der Waals surface area contributed by atoms with Crippen molar-refractivity contribution in [1.82, 2.24) is 4.57 Å². The summed E-state index contributed by atoms with van der Waals surface area (Å²) in [5.74, 6) is 0.440. The van der Waals surface area contributed by atoms with Crippen LogP contribution in [-0.2, 0) is 13.0 Å². The molecule has 0 bridgehead atoms. The number of nitrogens with zero attached hydrogens (tertiary/aromatic N) is 2. The SMILES string of the molecule is CCc1c(C)c(C#N)c2n(c1=O)CC(C)O2. The van der Waals surface area contributed by atoms with Crippen LogP contribution in [0.2, 0.25) is 0 Å². The van der Waals surface area contributed by atoms with Gasteiger partial charge in [-0.25, -0.2) is 0 Å². The first-order chi connectivity index (χ1) is 7.60. The van der Waals surface area contributed by atoms with E-state index in [9.17, 15) is 4.79 Å². The Bertz CT molecular complexity index is 537. The molecule has 0 aliphatic carbocycles. The molecule has 16 heavy (non-hydrogen) atoms. The minimum Gasteiger partial charge on any atom is -0.473 e. The molecule has 1 aliphatic rings. The lowest BCUT2D eigenvalue weighted by atomic mass is 10.0. The molecular formula is C12H14N2O2. The van der Waals surface area contributed by atoms with Crippen LogP contribution in [-0.4, -0.2) is 10.7 Å². The summed E-state index contributed by atoms with van der Waals surface area (Å²) >= 11 is 0. The summed E-state index contributed by atoms with van der Waals surface area (Å²) in [4.78, 5) is 12.1. The predicted octanol–water partition coefficient (Wildman–Crippen LogP) is 1.37. The molecule has 84 valence electrons. The van der Waals surface area contributed by atoms with Gasteiger partial charge in [0.2, 0.25) is 5.88 Å². The Morgan fingerprint density at radius 2 is 2.31 bits per heavy atom. The maximum absolute atomic E-state index is 12.1. The molecule has 0 saturated carbocycles. The summed E-state index contributed by atoms with van der Waals surface area (Å²) in [7, 11) is 0. The lowest BCUT2D eigenvalue weighted by molar-refractivity contribution is 0.253. The largest absolute Gasteiger partial charge is 0.473 e. The molecule has 1 unspecified atom stereocenters. The lowest BCUT2D eigenvalue weighted by Gasteiger charge is -2.10. The quantitative estimate of drug-likeness (QED) is 0.715. The van der Waals surface area contributed by atoms with Gasteiger partial charge < -0.3 is 4.74 Å². The smallest absolute Gasteiger partial charge is 0.256 e. The highest BCUT2D eigenvalue weighted by molar-refractivity contribution is 5.49. The Balaban J connectivity index is 2.81. The van der Waals surface area contributed by atoms with E-state index in [1.54, 1.807) is 4.57 Å². The average Bonchev–Trinajstić information content (AvgIpc) is 2.62. The average molecular weight is 218 g/mol. The molecule has 4 heteroatoms. The van der Waals surface area contributed by atoms with E-state index in [1.807, 2.05) is 20.8 Å². The normalized spacial score (nSPS) is 17.8. The minimum atomic E-state index is -0.0358. The number of nitriles is 1. The van der Waals surface area contributed by atoms with Gasteiger partial charge in [0.15, 0.2) is 0 Å². The fourth-order valence-electron chi connectivity index (χ4n) is 2.18. The molecule has 1 aromatic heterocycles. The first-order valence-electron chi connectivity index (χ1n) is 5.43. The summed E-state index contributed by atoms with van der Waals surface area (Å²) in [5, 5.41) is 9.13. The van der Waals surface area contributed by atoms with Crippen molar-refractivity contribution in [3.05, 3.63) is 27.0 Å². The van der Waals surface area contributed by atoms with Crippen molar-refractivity contribution in [2.45, 2.75) is 39.8 Å². The highest BCUT2D eigenvalue weighted by Crippen LogP contribution is 2.27. The number of ether oxygens (including phenoxy) is 1. The van der Waals surface area contributed by atoms with Gasteiger partial charge in [0.25, 0.3) is 5.56 Å². The van der Waals surface area contributed by atoms with Gasteiger partial charge >= 0.3 is 0 Å². The first kappa shape index (κ1) is 10.7. The molecule has 0 fully saturated rings. The van der Waals surface area contributed by atoms with Gasteiger partial charge in [-0.15, -0.1) is 0 Å². The Kier molecular flexibility index (Phi) is 2.47. The van der Waals surface area contributed by atoms with Crippen molar-refractivity contribution in [3.63, 3.8) is 0 Å². The van der Waals surface area contributed by atoms with Crippen molar-refractivity contribution in [3.8, 4) is 11.9 Å². The van der Waals surface area contributed by atoms with E-state index in [1.165, 1.54) is 0 Å². The molecular weight excluding hydrogens is 204 g/mol. The van der Waals surface area contributed by atoms with Crippen LogP contribution >= 0.6 is 0 Å². The van der Waals surface area contributed by atoms with Gasteiger partial charge in [0.05, 0.1) is 6.54 Å². The first-order valence-corrected chi connectivity index (χ1v) is 5.43. The number of rotatable bonds is 1. The van der Waals surface area contributed by atoms with E-state index in [4.69, 9.17) is 10.00 Å². The summed E-state index contributed by atoms with van der Waals surface area (Å²) in [6, 6.07) is 2.13. The van der Waals surface area contributed by atoms with Crippen LogP contribution < -0.4 is 10.3 Å². The Morgan fingerprint density at radius 3 is 2.88 bits per heavy atom. The molecule has 0 spiro atoms. The van der Waals surface area contributed by atoms with Crippen LogP contribution in [0.4, 0.5) is 0 Å². The van der Waals surface area contributed by atoms with E-state index in [0.717, 1.165) is 11.1 Å². The molecule has 0 aromatic carbocycles. The zero-order chi connectivity index (χ0) is 11.9. The van der Waals surface area contributed by atoms with Crippen LogP contribution in [0, 0.1) is 18.3 Å². The fourth-order valence-corrected chi connectivity index (χ4v) is 2.18. The van der Waals surface area contributed by atoms with E-state index in [0.29, 0.717) is 24.4 Å². The van der Waals surface area contributed by atoms with E-state index in [-0.39, 0.29) is 11.7 Å². The van der Waals surface area contributed by atoms with Crippen molar-refractivity contribution in [2.75, 3.05) is 0 Å². The lowest BCUT2D eigenvalue weighted by Crippen LogP contribution is -2.24. The van der Waals surface area contributed by atoms with Crippen LogP contribution in [0.5, 0.6) is 5.88 Å². The molecule has 0 radical (unpaired) electrons. The summed E-state index contributed by atoms with van der Waals surface area (Å²) < 4.78 is 7.11. The second-order valence-corrected chi connectivity index (χ2v) is 4.09. The monoisotopic (exact) mass is 218 g/mol.